The van der Waals surface area contributed by atoms with Crippen LogP contribution in [0.1, 0.15) is 57.5 Å². The lowest BCUT2D eigenvalue weighted by Crippen LogP contribution is -2.45. The summed E-state index contributed by atoms with van der Waals surface area (Å²) in [6, 6.07) is 48.8. The summed E-state index contributed by atoms with van der Waals surface area (Å²) in [5, 5.41) is 0. The van der Waals surface area contributed by atoms with Crippen molar-refractivity contribution in [2.75, 3.05) is 59.5 Å². The molecule has 2 N–H and O–H groups in total. The normalized spacial score (nSPS) is 14.1. The van der Waals surface area contributed by atoms with Crippen molar-refractivity contribution < 1.29 is 56.3 Å². The molecule has 20 nitrogen and oxygen atoms in total. The van der Waals surface area contributed by atoms with Gasteiger partial charge >= 0.3 is 0 Å². The number of alkyl halides is 3. The molecule has 506 valence electrons. The monoisotopic (exact) mass is 1440 g/mol. The molecule has 1 aliphatic heterocycles. The molecular formula is C65H77Cl2FN8O12S6. The van der Waals surface area contributed by atoms with E-state index in [1.165, 1.54) is 81.4 Å². The molecule has 2 bridgehead atoms. The molecule has 0 radical (unpaired) electrons. The van der Waals surface area contributed by atoms with Crippen LogP contribution in [0.3, 0.4) is 0 Å². The first-order valence-corrected chi connectivity index (χ1v) is 38.9. The molecule has 29 heteroatoms. The molecule has 0 saturated carbocycles. The van der Waals surface area contributed by atoms with Crippen LogP contribution in [-0.2, 0) is 85.0 Å². The van der Waals surface area contributed by atoms with Gasteiger partial charge in [-0.1, -0.05) is 118 Å². The number of hydrogen-bond acceptors (Lipinski definition) is 14. The van der Waals surface area contributed by atoms with Crippen LogP contribution >= 0.6 is 23.2 Å². The average molecular weight is 1450 g/mol. The SMILES string of the molecule is Cc1ccc(S(=O)(=O)N2CCN(S(=O)(=O)c3ccc(C)cc3)Cc3cccc(n3)CN(S(=O)(=O)c3ccc(C)cc3)CC2)cc1.Cc1ccc(S(=O)(=O)NCCN(CCNS(=O)(=O)c2ccc(C)cc2)S(=O)(=O)c2ccc(C)cc2)cc1.ClCc1cccc(CCl)n1.[2H]CF. The molecule has 8 aromatic rings. The quantitative estimate of drug-likeness (QED) is 0.0673. The number of rotatable bonds is 20. The van der Waals surface area contributed by atoms with E-state index < -0.39 is 67.3 Å². The lowest BCUT2D eigenvalue weighted by molar-refractivity contribution is 0.305. The number of aryl methyl sites for hydroxylation is 6. The summed E-state index contributed by atoms with van der Waals surface area (Å²) >= 11 is 11.1. The van der Waals surface area contributed by atoms with Crippen LogP contribution < -0.4 is 9.44 Å². The number of sulfonamides is 6. The smallest absolute Gasteiger partial charge is 0.243 e. The lowest BCUT2D eigenvalue weighted by Gasteiger charge is -2.30. The van der Waals surface area contributed by atoms with Gasteiger partial charge < -0.3 is 0 Å². The summed E-state index contributed by atoms with van der Waals surface area (Å²) < 4.78 is 186. The maximum atomic E-state index is 14.0. The Morgan fingerprint density at radius 1 is 0.404 bits per heavy atom. The summed E-state index contributed by atoms with van der Waals surface area (Å²) in [6.45, 7) is 9.21. The fraction of sp³-hybridized carbons (Fsp3) is 0.292. The van der Waals surface area contributed by atoms with Crippen LogP contribution in [0, 0.1) is 41.5 Å². The highest BCUT2D eigenvalue weighted by atomic mass is 35.5. The van der Waals surface area contributed by atoms with Crippen LogP contribution in [0.15, 0.2) is 211 Å². The maximum Gasteiger partial charge on any atom is 0.243 e. The van der Waals surface area contributed by atoms with E-state index in [0.29, 0.717) is 23.1 Å². The van der Waals surface area contributed by atoms with Gasteiger partial charge in [-0.15, -0.1) is 23.2 Å². The molecule has 6 aromatic carbocycles. The topological polar surface area (TPSA) is 268 Å². The molecule has 3 heterocycles. The summed E-state index contributed by atoms with van der Waals surface area (Å²) in [5.74, 6) is 0.898. The molecular weight excluding hydrogens is 1370 g/mol. The Bertz CT molecular complexity index is 4320. The molecule has 0 atom stereocenters. The minimum Gasteiger partial charge on any atom is -0.255 e. The highest BCUT2D eigenvalue weighted by Gasteiger charge is 2.34. The van der Waals surface area contributed by atoms with Crippen LogP contribution in [-0.4, -0.2) is 137 Å². The molecule has 0 spiro atoms. The van der Waals surface area contributed by atoms with E-state index in [1.54, 1.807) is 91.0 Å². The van der Waals surface area contributed by atoms with Gasteiger partial charge in [0, 0.05) is 52.4 Å². The third-order valence-electron chi connectivity index (χ3n) is 14.5. The number of hydrogen-bond donors (Lipinski definition) is 2. The number of aromatic nitrogens is 2. The molecule has 0 amide bonds. The van der Waals surface area contributed by atoms with E-state index >= 15 is 0 Å². The molecule has 9 rings (SSSR count). The summed E-state index contributed by atoms with van der Waals surface area (Å²) in [4.78, 5) is 9.14. The maximum absolute atomic E-state index is 14.0. The van der Waals surface area contributed by atoms with E-state index in [-0.39, 0.29) is 94.8 Å². The number of nitrogens with one attached hydrogen (secondary N) is 2. The fourth-order valence-corrected chi connectivity index (χ4v) is 17.1. The minimum absolute atomic E-state index is 0.0286. The Morgan fingerprint density at radius 2 is 0.670 bits per heavy atom. The first-order valence-electron chi connectivity index (χ1n) is 29.8. The second-order valence-electron chi connectivity index (χ2n) is 21.7. The van der Waals surface area contributed by atoms with Gasteiger partial charge in [0.1, 0.15) is 0 Å². The predicted molar refractivity (Wildman–Crippen MR) is 365 cm³/mol. The molecule has 0 fully saturated rings. The van der Waals surface area contributed by atoms with E-state index in [1.807, 2.05) is 59.7 Å². The lowest BCUT2D eigenvalue weighted by atomic mass is 10.2. The third kappa shape index (κ3) is 21.3. The van der Waals surface area contributed by atoms with Crippen molar-refractivity contribution in [2.24, 2.45) is 0 Å². The van der Waals surface area contributed by atoms with Gasteiger partial charge in [-0.2, -0.15) is 17.2 Å². The minimum atomic E-state index is -4.13. The van der Waals surface area contributed by atoms with Gasteiger partial charge in [-0.05, 0) is 139 Å². The van der Waals surface area contributed by atoms with Crippen LogP contribution in [0.2, 0.25) is 0 Å². The van der Waals surface area contributed by atoms with Gasteiger partial charge in [0.05, 0.1) is 85.5 Å². The number of nitrogens with zero attached hydrogens (tertiary/aromatic N) is 6. The molecule has 94 heavy (non-hydrogen) atoms. The highest BCUT2D eigenvalue weighted by Crippen LogP contribution is 2.26. The molecule has 0 aliphatic carbocycles. The summed E-state index contributed by atoms with van der Waals surface area (Å²) in [5.41, 5.74) is 7.93. The van der Waals surface area contributed by atoms with Crippen molar-refractivity contribution in [3.63, 3.8) is 0 Å². The largest absolute Gasteiger partial charge is 0.255 e. The van der Waals surface area contributed by atoms with Crippen molar-refractivity contribution in [1.82, 2.24) is 36.6 Å². The first-order chi connectivity index (χ1) is 44.8. The zero-order valence-electron chi connectivity index (χ0n) is 53.7. The van der Waals surface area contributed by atoms with Crippen molar-refractivity contribution in [1.29, 1.82) is 0 Å². The Balaban J connectivity index is 0.000000256. The Labute approximate surface area is 565 Å². The zero-order chi connectivity index (χ0) is 69.8. The van der Waals surface area contributed by atoms with Crippen LogP contribution in [0.25, 0.3) is 0 Å². The van der Waals surface area contributed by atoms with Gasteiger partial charge in [-0.25, -0.2) is 60.0 Å². The number of halogens is 3. The standard InChI is InChI=1S/C32H36N4O6S3.C25H31N3O6S3.C7H7Cl2N.CH3F/c1-25-7-13-30(14-8-25)43(37,38)34-19-21-35(44(39,40)31-15-9-26(2)10-16-31)23-28-5-4-6-29(33-28)24-36(22-20-34)45(41,42)32-17-11-27(3)12-18-32;1-20-4-10-23(11-5-20)35(29,30)26-16-18-28(37(33,34)25-14-8-22(3)9-15-25)19-17-27-36(31,32)24-12-6-21(2)7-13-24;8-4-6-2-1-3-7(5-9)10-6;1-2/h4-18H,19-24H2,1-3H3;4-15,26-27H,16-19H2,1-3H3;1-3H,4-5H2;1H3/i;;;1D. The van der Waals surface area contributed by atoms with Crippen LogP contribution in [0.4, 0.5) is 4.39 Å². The summed E-state index contributed by atoms with van der Waals surface area (Å²) in [6.07, 6.45) is 0. The Kier molecular flexibility index (Phi) is 27.5. The second-order valence-corrected chi connectivity index (χ2v) is 33.5. The van der Waals surface area contributed by atoms with Gasteiger partial charge in [0.2, 0.25) is 60.1 Å². The highest BCUT2D eigenvalue weighted by molar-refractivity contribution is 7.90. The Morgan fingerprint density at radius 3 is 0.979 bits per heavy atom. The van der Waals surface area contributed by atoms with Crippen molar-refractivity contribution in [2.45, 2.75) is 95.8 Å². The van der Waals surface area contributed by atoms with E-state index in [2.05, 4.69) is 19.4 Å². The molecule has 1 aliphatic rings. The number of pyridine rings is 2. The predicted octanol–water partition coefficient (Wildman–Crippen LogP) is 9.80. The van der Waals surface area contributed by atoms with Gasteiger partial charge in [0.25, 0.3) is 0 Å². The van der Waals surface area contributed by atoms with E-state index in [0.717, 1.165) is 53.4 Å². The van der Waals surface area contributed by atoms with E-state index in [4.69, 9.17) is 24.6 Å². The van der Waals surface area contributed by atoms with Gasteiger partial charge in [-0.3, -0.25) is 14.4 Å². The number of benzene rings is 6. The zero-order valence-corrected chi connectivity index (χ0v) is 59.1. The molecule has 0 saturated heterocycles. The Hall–Kier alpha value is -6.41. The number of fused-ring (bicyclic) bond motifs is 2. The third-order valence-corrected chi connectivity index (χ3v) is 25.5. The van der Waals surface area contributed by atoms with Crippen molar-refractivity contribution >= 4 is 83.3 Å². The second kappa shape index (κ2) is 34.5. The molecule has 2 aromatic heterocycles. The summed E-state index contributed by atoms with van der Waals surface area (Å²) in [7, 11) is -25.0. The molecule has 0 unspecified atom stereocenters. The van der Waals surface area contributed by atoms with Crippen molar-refractivity contribution in [3.8, 4) is 0 Å². The van der Waals surface area contributed by atoms with Crippen LogP contribution in [0.5, 0.6) is 0 Å². The van der Waals surface area contributed by atoms with Crippen molar-refractivity contribution in [3.05, 3.63) is 238 Å². The van der Waals surface area contributed by atoms with E-state index in [9.17, 15) is 54.9 Å². The fourth-order valence-electron chi connectivity index (χ4n) is 9.11. The van der Waals surface area contributed by atoms with Gasteiger partial charge in [0.15, 0.2) is 0 Å². The first kappa shape index (κ1) is 75.0. The average Bonchev–Trinajstić information content (AvgIpc) is 0.902.